The molecular weight excluding hydrogens is 792 g/mol. The number of nitrogens with zero attached hydrogens (tertiary/aromatic N) is 10. The topological polar surface area (TPSA) is 148 Å². The number of rotatable bonds is 15. The summed E-state index contributed by atoms with van der Waals surface area (Å²) in [6.07, 6.45) is 4.89. The monoisotopic (exact) mass is 846 g/mol. The van der Waals surface area contributed by atoms with Crippen LogP contribution in [0, 0.1) is 40.9 Å². The number of carbonyl (C=O) groups is 1. The molecule has 0 spiro atoms. The van der Waals surface area contributed by atoms with E-state index < -0.39 is 0 Å². The number of amides is 1. The number of hydrogen-bond donors (Lipinski definition) is 0. The van der Waals surface area contributed by atoms with E-state index in [1.165, 1.54) is 16.2 Å². The largest absolute Gasteiger partial charge is 0.372 e. The highest BCUT2D eigenvalue weighted by atomic mass is 35.5. The minimum absolute atomic E-state index is 0.0324. The number of aryl methyl sites for hydroxylation is 1. The van der Waals surface area contributed by atoms with Crippen molar-refractivity contribution in [3.05, 3.63) is 123 Å². The van der Waals surface area contributed by atoms with E-state index in [2.05, 4.69) is 122 Å². The Kier molecular flexibility index (Phi) is 16.6. The summed E-state index contributed by atoms with van der Waals surface area (Å²) in [5, 5.41) is 29.9. The van der Waals surface area contributed by atoms with E-state index in [1.54, 1.807) is 30.3 Å². The summed E-state index contributed by atoms with van der Waals surface area (Å²) >= 11 is 5.98. The molecule has 0 aliphatic carbocycles. The summed E-state index contributed by atoms with van der Waals surface area (Å²) in [7, 11) is 0. The number of nitriles is 3. The Bertz CT molecular complexity index is 2470. The van der Waals surface area contributed by atoms with Crippen LogP contribution in [0.1, 0.15) is 89.0 Å². The summed E-state index contributed by atoms with van der Waals surface area (Å²) in [6.45, 7) is 32.5. The van der Waals surface area contributed by atoms with Crippen molar-refractivity contribution in [2.75, 3.05) is 36.0 Å². The maximum absolute atomic E-state index is 13.5. The normalized spacial score (nSPS) is 15.8. The van der Waals surface area contributed by atoms with Gasteiger partial charge in [-0.3, -0.25) is 14.7 Å². The molecule has 11 nitrogen and oxygen atoms in total. The molecule has 2 aliphatic rings. The fourth-order valence-corrected chi connectivity index (χ4v) is 8.20. The summed E-state index contributed by atoms with van der Waals surface area (Å²) in [6, 6.07) is 25.2. The second kappa shape index (κ2) is 21.6. The van der Waals surface area contributed by atoms with E-state index in [-0.39, 0.29) is 40.8 Å². The summed E-state index contributed by atoms with van der Waals surface area (Å²) < 4.78 is 0. The number of allylic oxidation sites excluding steroid dienone is 3. The molecule has 5 rings (SSSR count). The van der Waals surface area contributed by atoms with Crippen LogP contribution in [0.4, 0.5) is 17.1 Å². The van der Waals surface area contributed by atoms with Gasteiger partial charge < -0.3 is 9.80 Å². The Morgan fingerprint density at radius 3 is 2.18 bits per heavy atom. The second-order valence-electron chi connectivity index (χ2n) is 15.5. The first-order chi connectivity index (χ1) is 29.7. The molecule has 3 aromatic carbocycles. The SMILES string of the molecule is C=CCN1C(=O)C(c2ccc3c(c2)C(C)CC(C)(C)N3CCCC)=C(C#N)C1=C(N=C)N=C.C=N/C(C#N)=C(/C(C#N)=Nc1ccc(N(CC)CC)cc1C)c1ccc(Cl)cc1. The van der Waals surface area contributed by atoms with Crippen LogP contribution in [0.3, 0.4) is 0 Å². The zero-order chi connectivity index (χ0) is 45.7. The number of hydrogen-bond acceptors (Lipinski definition) is 10. The molecule has 0 saturated carbocycles. The zero-order valence-electron chi connectivity index (χ0n) is 37.0. The molecule has 62 heavy (non-hydrogen) atoms. The molecule has 318 valence electrons. The molecule has 1 atom stereocenters. The standard InChI is InChI=1S/C27H33N5O.C23H22ClN5/c1-8-10-14-32-22-12-11-19(15-20(22)18(3)16-27(32,4)5)23-21(17-28)24(25(29-6)30-7)31(13-9-2)26(23)33;1-5-29(6-2)19-11-12-20(16(3)13-19)28-22(15-26)23(21(14-25)27-4)17-7-9-18(24)10-8-17/h9,11-12,15,18H,2,6-8,10,13-14,16H2,1,3-5H3;7-13H,4-6H2,1-3H3/b;23-21+,28-22?. The lowest BCUT2D eigenvalue weighted by Gasteiger charge is -2.48. The highest BCUT2D eigenvalue weighted by molar-refractivity contribution is 6.34. The van der Waals surface area contributed by atoms with E-state index in [0.29, 0.717) is 39.0 Å². The van der Waals surface area contributed by atoms with E-state index in [0.717, 1.165) is 55.7 Å². The number of fused-ring (bicyclic) bond motifs is 1. The Labute approximate surface area is 372 Å². The van der Waals surface area contributed by atoms with Crippen LogP contribution < -0.4 is 9.80 Å². The van der Waals surface area contributed by atoms with Crippen LogP contribution in [-0.4, -0.2) is 68.4 Å². The summed E-state index contributed by atoms with van der Waals surface area (Å²) in [4.78, 5) is 35.8. The molecule has 0 saturated heterocycles. The minimum atomic E-state index is -0.266. The average Bonchev–Trinajstić information content (AvgIpc) is 3.54. The first-order valence-corrected chi connectivity index (χ1v) is 21.0. The molecule has 2 heterocycles. The van der Waals surface area contributed by atoms with Crippen molar-refractivity contribution in [3.8, 4) is 18.2 Å². The first kappa shape index (κ1) is 47.8. The third kappa shape index (κ3) is 10.2. The molecule has 0 fully saturated rings. The second-order valence-corrected chi connectivity index (χ2v) is 15.9. The molecule has 1 amide bonds. The number of aliphatic imine (C=N–C) groups is 4. The Morgan fingerprint density at radius 2 is 1.65 bits per heavy atom. The van der Waals surface area contributed by atoms with E-state index in [9.17, 15) is 20.6 Å². The van der Waals surface area contributed by atoms with Gasteiger partial charge in [0.1, 0.15) is 29.6 Å². The van der Waals surface area contributed by atoms with Crippen molar-refractivity contribution >= 4 is 71.6 Å². The van der Waals surface area contributed by atoms with Crippen LogP contribution >= 0.6 is 11.6 Å². The Balaban J connectivity index is 0.000000275. The molecule has 2 aliphatic heterocycles. The quantitative estimate of drug-likeness (QED) is 0.0845. The van der Waals surface area contributed by atoms with Gasteiger partial charge in [-0.05, 0) is 138 Å². The van der Waals surface area contributed by atoms with Gasteiger partial charge in [-0.25, -0.2) is 15.0 Å². The van der Waals surface area contributed by atoms with Crippen LogP contribution in [-0.2, 0) is 4.79 Å². The lowest BCUT2D eigenvalue weighted by molar-refractivity contribution is -0.122. The predicted octanol–water partition coefficient (Wildman–Crippen LogP) is 11.2. The van der Waals surface area contributed by atoms with Gasteiger partial charge >= 0.3 is 0 Å². The maximum Gasteiger partial charge on any atom is 0.260 e. The van der Waals surface area contributed by atoms with Gasteiger partial charge in [-0.1, -0.05) is 56.1 Å². The molecule has 1 unspecified atom stereocenters. The molecule has 0 aromatic heterocycles. The molecular formula is C50H55ClN10O. The third-order valence-corrected chi connectivity index (χ3v) is 11.3. The number of anilines is 2. The smallest absolute Gasteiger partial charge is 0.260 e. The lowest BCUT2D eigenvalue weighted by atomic mass is 9.79. The van der Waals surface area contributed by atoms with Gasteiger partial charge in [0.15, 0.2) is 11.5 Å². The highest BCUT2D eigenvalue weighted by Crippen LogP contribution is 2.46. The maximum atomic E-state index is 13.5. The van der Waals surface area contributed by atoms with E-state index in [4.69, 9.17) is 11.6 Å². The third-order valence-electron chi connectivity index (χ3n) is 11.1. The Hall–Kier alpha value is -6.87. The number of halogens is 1. The van der Waals surface area contributed by atoms with Crippen molar-refractivity contribution in [2.45, 2.75) is 79.2 Å². The van der Waals surface area contributed by atoms with Crippen molar-refractivity contribution < 1.29 is 4.79 Å². The van der Waals surface area contributed by atoms with Crippen LogP contribution in [0.15, 0.2) is 116 Å². The van der Waals surface area contributed by atoms with Crippen molar-refractivity contribution in [1.29, 1.82) is 15.8 Å². The predicted molar refractivity (Wildman–Crippen MR) is 257 cm³/mol. The van der Waals surface area contributed by atoms with Gasteiger partial charge in [-0.2, -0.15) is 15.8 Å². The fourth-order valence-electron chi connectivity index (χ4n) is 8.07. The van der Waals surface area contributed by atoms with Crippen molar-refractivity contribution in [3.63, 3.8) is 0 Å². The fraction of sp³-hybridized carbons (Fsp3) is 0.320. The minimum Gasteiger partial charge on any atom is -0.372 e. The molecule has 0 radical (unpaired) electrons. The Morgan fingerprint density at radius 1 is 0.968 bits per heavy atom. The lowest BCUT2D eigenvalue weighted by Crippen LogP contribution is -2.48. The van der Waals surface area contributed by atoms with Crippen LogP contribution in [0.25, 0.3) is 11.1 Å². The molecule has 12 heteroatoms. The first-order valence-electron chi connectivity index (χ1n) is 20.6. The van der Waals surface area contributed by atoms with Gasteiger partial charge in [-0.15, -0.1) is 6.58 Å². The summed E-state index contributed by atoms with van der Waals surface area (Å²) in [5.41, 5.74) is 7.90. The van der Waals surface area contributed by atoms with Crippen molar-refractivity contribution in [2.24, 2.45) is 20.0 Å². The highest BCUT2D eigenvalue weighted by Gasteiger charge is 2.40. The number of benzene rings is 3. The van der Waals surface area contributed by atoms with Gasteiger partial charge in [0.2, 0.25) is 0 Å². The van der Waals surface area contributed by atoms with Crippen molar-refractivity contribution in [1.82, 2.24) is 4.90 Å². The van der Waals surface area contributed by atoms with Crippen LogP contribution in [0.2, 0.25) is 5.02 Å². The van der Waals surface area contributed by atoms with Crippen LogP contribution in [0.5, 0.6) is 0 Å². The zero-order valence-corrected chi connectivity index (χ0v) is 37.7. The van der Waals surface area contributed by atoms with Gasteiger partial charge in [0, 0.05) is 48.1 Å². The van der Waals surface area contributed by atoms with Gasteiger partial charge in [0.25, 0.3) is 5.91 Å². The number of unbranched alkanes of at least 4 members (excludes halogenated alkanes) is 1. The number of carbonyl (C=O) groups excluding carboxylic acids is 1. The van der Waals surface area contributed by atoms with E-state index in [1.807, 2.05) is 37.3 Å². The average molecular weight is 848 g/mol. The summed E-state index contributed by atoms with van der Waals surface area (Å²) in [5.74, 6) is 0.225. The van der Waals surface area contributed by atoms with E-state index >= 15 is 0 Å². The molecule has 0 bridgehead atoms. The molecule has 3 aromatic rings. The molecule has 0 N–H and O–H groups in total. The van der Waals surface area contributed by atoms with Gasteiger partial charge in [0.05, 0.1) is 22.4 Å².